The number of nitrogens with one attached hydrogen (secondary N) is 1. The number of sulfonamides is 1. The molecule has 0 amide bonds. The second-order valence-electron chi connectivity index (χ2n) is 5.70. The van der Waals surface area contributed by atoms with Crippen LogP contribution in [0.3, 0.4) is 0 Å². The molecular formula is C14H17NO7S. The van der Waals surface area contributed by atoms with Gasteiger partial charge in [-0.05, 0) is 12.1 Å². The smallest absolute Gasteiger partial charge is 0.241 e. The largest absolute Gasteiger partial charge is 0.486 e. The summed E-state index contributed by atoms with van der Waals surface area (Å²) in [5.74, 6) is 0.939. The van der Waals surface area contributed by atoms with Crippen LogP contribution in [0.2, 0.25) is 0 Å². The third kappa shape index (κ3) is 2.68. The standard InChI is InChI=1S/C14H17NO7S/c16-10-7-22-13-9(6-21-14(10)13)15-23(17,18)8-1-2-11-12(5-8)20-4-3-19-11/h1-2,5,9-10,13-16H,3-4,6-7H2/t9-,10-,13-,14-/m1/s1. The highest BCUT2D eigenvalue weighted by Crippen LogP contribution is 2.33. The molecule has 0 aromatic heterocycles. The van der Waals surface area contributed by atoms with Crippen LogP contribution in [0.1, 0.15) is 0 Å². The minimum absolute atomic E-state index is 0.0868. The summed E-state index contributed by atoms with van der Waals surface area (Å²) in [5.41, 5.74) is 0. The normalized spacial score (nSPS) is 32.7. The summed E-state index contributed by atoms with van der Waals surface area (Å²) in [6.07, 6.45) is -1.68. The molecule has 0 spiro atoms. The molecule has 1 aromatic rings. The van der Waals surface area contributed by atoms with E-state index in [1.807, 2.05) is 0 Å². The molecule has 3 aliphatic rings. The average Bonchev–Trinajstić information content (AvgIpc) is 3.11. The lowest BCUT2D eigenvalue weighted by Gasteiger charge is -2.20. The first-order chi connectivity index (χ1) is 11.0. The van der Waals surface area contributed by atoms with Crippen molar-refractivity contribution < 1.29 is 32.5 Å². The van der Waals surface area contributed by atoms with Crippen LogP contribution in [-0.2, 0) is 19.5 Å². The molecule has 0 unspecified atom stereocenters. The number of rotatable bonds is 3. The summed E-state index contributed by atoms with van der Waals surface area (Å²) in [5, 5.41) is 9.71. The van der Waals surface area contributed by atoms with Crippen LogP contribution in [0.15, 0.2) is 23.1 Å². The van der Waals surface area contributed by atoms with Crippen molar-refractivity contribution in [1.82, 2.24) is 4.72 Å². The fraction of sp³-hybridized carbons (Fsp3) is 0.571. The Labute approximate surface area is 133 Å². The van der Waals surface area contributed by atoms with Crippen molar-refractivity contribution in [2.45, 2.75) is 29.2 Å². The SMILES string of the molecule is O=S(=O)(N[C@@H]1CO[C@H]2[C@@H]1OC[C@H]2O)c1ccc2c(c1)OCCO2. The van der Waals surface area contributed by atoms with Crippen LogP contribution in [0.25, 0.3) is 0 Å². The summed E-state index contributed by atoms with van der Waals surface area (Å²) in [4.78, 5) is 0.0868. The molecule has 23 heavy (non-hydrogen) atoms. The van der Waals surface area contributed by atoms with Gasteiger partial charge in [-0.3, -0.25) is 0 Å². The molecule has 0 aliphatic carbocycles. The number of aliphatic hydroxyl groups excluding tert-OH is 1. The van der Waals surface area contributed by atoms with E-state index in [0.717, 1.165) is 0 Å². The Hall–Kier alpha value is -1.39. The first-order valence-corrected chi connectivity index (χ1v) is 8.86. The number of ether oxygens (including phenoxy) is 4. The fourth-order valence-corrected chi connectivity index (χ4v) is 4.28. The zero-order valence-electron chi connectivity index (χ0n) is 12.2. The molecule has 126 valence electrons. The van der Waals surface area contributed by atoms with Crippen LogP contribution in [-0.4, -0.2) is 64.3 Å². The lowest BCUT2D eigenvalue weighted by Crippen LogP contribution is -2.44. The van der Waals surface area contributed by atoms with Gasteiger partial charge in [-0.15, -0.1) is 0 Å². The summed E-state index contributed by atoms with van der Waals surface area (Å²) < 4.78 is 49.4. The molecule has 4 atom stereocenters. The van der Waals surface area contributed by atoms with Crippen molar-refractivity contribution in [3.8, 4) is 11.5 Å². The fourth-order valence-electron chi connectivity index (χ4n) is 3.04. The Morgan fingerprint density at radius 3 is 2.61 bits per heavy atom. The van der Waals surface area contributed by atoms with Crippen molar-refractivity contribution >= 4 is 10.0 Å². The summed E-state index contributed by atoms with van der Waals surface area (Å²) in [6.45, 7) is 1.14. The van der Waals surface area contributed by atoms with Gasteiger partial charge >= 0.3 is 0 Å². The van der Waals surface area contributed by atoms with E-state index in [1.165, 1.54) is 12.1 Å². The zero-order valence-corrected chi connectivity index (χ0v) is 13.0. The molecule has 8 nitrogen and oxygen atoms in total. The average molecular weight is 343 g/mol. The molecule has 2 fully saturated rings. The highest BCUT2D eigenvalue weighted by molar-refractivity contribution is 7.89. The molecule has 3 aliphatic heterocycles. The Kier molecular flexibility index (Phi) is 3.69. The van der Waals surface area contributed by atoms with Crippen LogP contribution in [0.5, 0.6) is 11.5 Å². The predicted molar refractivity (Wildman–Crippen MR) is 77.0 cm³/mol. The molecule has 1 aromatic carbocycles. The van der Waals surface area contributed by atoms with Gasteiger partial charge in [0, 0.05) is 6.07 Å². The lowest BCUT2D eigenvalue weighted by atomic mass is 10.1. The van der Waals surface area contributed by atoms with Gasteiger partial charge in [0.25, 0.3) is 0 Å². The molecule has 3 heterocycles. The van der Waals surface area contributed by atoms with Crippen molar-refractivity contribution in [2.75, 3.05) is 26.4 Å². The molecule has 0 radical (unpaired) electrons. The van der Waals surface area contributed by atoms with Gasteiger partial charge in [0.05, 0.1) is 24.2 Å². The van der Waals surface area contributed by atoms with Crippen LogP contribution >= 0.6 is 0 Å². The highest BCUT2D eigenvalue weighted by Gasteiger charge is 2.48. The van der Waals surface area contributed by atoms with Gasteiger partial charge < -0.3 is 24.1 Å². The second-order valence-corrected chi connectivity index (χ2v) is 7.41. The number of fused-ring (bicyclic) bond motifs is 2. The minimum atomic E-state index is -3.76. The van der Waals surface area contributed by atoms with Gasteiger partial charge in [-0.1, -0.05) is 0 Å². The molecule has 2 saturated heterocycles. The lowest BCUT2D eigenvalue weighted by molar-refractivity contribution is 0.0181. The van der Waals surface area contributed by atoms with Crippen LogP contribution < -0.4 is 14.2 Å². The van der Waals surface area contributed by atoms with Crippen molar-refractivity contribution in [1.29, 1.82) is 0 Å². The minimum Gasteiger partial charge on any atom is -0.486 e. The Morgan fingerprint density at radius 2 is 1.78 bits per heavy atom. The predicted octanol–water partition coefficient (Wildman–Crippen LogP) is -0.737. The Morgan fingerprint density at radius 1 is 1.04 bits per heavy atom. The van der Waals surface area contributed by atoms with E-state index >= 15 is 0 Å². The number of aliphatic hydroxyl groups is 1. The molecule has 0 saturated carbocycles. The van der Waals surface area contributed by atoms with Crippen LogP contribution in [0.4, 0.5) is 0 Å². The first-order valence-electron chi connectivity index (χ1n) is 7.38. The summed E-state index contributed by atoms with van der Waals surface area (Å²) in [6, 6.07) is 3.95. The Balaban J connectivity index is 1.54. The third-order valence-electron chi connectivity index (χ3n) is 4.16. The third-order valence-corrected chi connectivity index (χ3v) is 5.65. The van der Waals surface area contributed by atoms with E-state index in [2.05, 4.69) is 4.72 Å². The summed E-state index contributed by atoms with van der Waals surface area (Å²) in [7, 11) is -3.76. The van der Waals surface area contributed by atoms with E-state index in [1.54, 1.807) is 6.07 Å². The zero-order chi connectivity index (χ0) is 16.0. The van der Waals surface area contributed by atoms with Crippen molar-refractivity contribution in [3.63, 3.8) is 0 Å². The molecule has 9 heteroatoms. The van der Waals surface area contributed by atoms with E-state index in [9.17, 15) is 13.5 Å². The van der Waals surface area contributed by atoms with E-state index < -0.39 is 34.4 Å². The van der Waals surface area contributed by atoms with Gasteiger partial charge in [-0.25, -0.2) is 13.1 Å². The van der Waals surface area contributed by atoms with Gasteiger partial charge in [0.2, 0.25) is 10.0 Å². The second kappa shape index (κ2) is 5.60. The number of hydrogen-bond donors (Lipinski definition) is 2. The maximum Gasteiger partial charge on any atom is 0.241 e. The van der Waals surface area contributed by atoms with Crippen LogP contribution in [0, 0.1) is 0 Å². The van der Waals surface area contributed by atoms with Gasteiger partial charge in [-0.2, -0.15) is 0 Å². The van der Waals surface area contributed by atoms with E-state index in [4.69, 9.17) is 18.9 Å². The van der Waals surface area contributed by atoms with Gasteiger partial charge in [0.15, 0.2) is 11.5 Å². The molecule has 2 N–H and O–H groups in total. The van der Waals surface area contributed by atoms with E-state index in [0.29, 0.717) is 24.7 Å². The number of benzene rings is 1. The maximum absolute atomic E-state index is 12.6. The van der Waals surface area contributed by atoms with Crippen molar-refractivity contribution in [2.24, 2.45) is 0 Å². The van der Waals surface area contributed by atoms with E-state index in [-0.39, 0.29) is 18.1 Å². The van der Waals surface area contributed by atoms with Gasteiger partial charge in [0.1, 0.15) is 31.5 Å². The Bertz CT molecular complexity index is 707. The molecular weight excluding hydrogens is 326 g/mol. The summed E-state index contributed by atoms with van der Waals surface area (Å²) >= 11 is 0. The molecule has 4 rings (SSSR count). The topological polar surface area (TPSA) is 103 Å². The maximum atomic E-state index is 12.6. The molecule has 0 bridgehead atoms. The first kappa shape index (κ1) is 15.2. The highest BCUT2D eigenvalue weighted by atomic mass is 32.2. The monoisotopic (exact) mass is 343 g/mol. The van der Waals surface area contributed by atoms with Crippen molar-refractivity contribution in [3.05, 3.63) is 18.2 Å². The quantitative estimate of drug-likeness (QED) is 0.745. The number of hydrogen-bond acceptors (Lipinski definition) is 7.